The van der Waals surface area contributed by atoms with E-state index in [1.165, 1.54) is 11.8 Å². The van der Waals surface area contributed by atoms with Gasteiger partial charge in [0.25, 0.3) is 0 Å². The van der Waals surface area contributed by atoms with Crippen molar-refractivity contribution in [3.8, 4) is 0 Å². The molecule has 88 valence electrons. The van der Waals surface area contributed by atoms with E-state index in [2.05, 4.69) is 4.98 Å². The SMILES string of the molecule is Cc1cnc(SCC(C)CCl)c([N+](=O)[O-])c1. The zero-order chi connectivity index (χ0) is 12.1. The Hall–Kier alpha value is -0.810. The number of nitrogens with zero attached hydrogens (tertiary/aromatic N) is 2. The molecule has 0 radical (unpaired) electrons. The minimum Gasteiger partial charge on any atom is -0.258 e. The zero-order valence-corrected chi connectivity index (χ0v) is 10.7. The lowest BCUT2D eigenvalue weighted by molar-refractivity contribution is -0.388. The molecule has 0 spiro atoms. The molecule has 0 aliphatic carbocycles. The second-order valence-corrected chi connectivity index (χ2v) is 4.98. The van der Waals surface area contributed by atoms with Crippen molar-refractivity contribution in [2.24, 2.45) is 5.92 Å². The van der Waals surface area contributed by atoms with Crippen molar-refractivity contribution < 1.29 is 4.92 Å². The molecule has 0 aliphatic heterocycles. The van der Waals surface area contributed by atoms with Crippen molar-refractivity contribution in [1.82, 2.24) is 4.98 Å². The Morgan fingerprint density at radius 1 is 1.69 bits per heavy atom. The summed E-state index contributed by atoms with van der Waals surface area (Å²) in [4.78, 5) is 14.5. The van der Waals surface area contributed by atoms with Crippen LogP contribution in [0.5, 0.6) is 0 Å². The molecular formula is C10H13ClN2O2S. The fourth-order valence-corrected chi connectivity index (χ4v) is 2.26. The molecule has 0 saturated heterocycles. The van der Waals surface area contributed by atoms with Gasteiger partial charge in [0.15, 0.2) is 5.03 Å². The lowest BCUT2D eigenvalue weighted by Crippen LogP contribution is -2.01. The Labute approximate surface area is 104 Å². The molecule has 0 saturated carbocycles. The maximum absolute atomic E-state index is 10.8. The summed E-state index contributed by atoms with van der Waals surface area (Å²) in [5, 5.41) is 11.3. The number of nitro groups is 1. The molecule has 1 unspecified atom stereocenters. The van der Waals surface area contributed by atoms with Crippen LogP contribution >= 0.6 is 23.4 Å². The molecule has 1 atom stereocenters. The lowest BCUT2D eigenvalue weighted by atomic mass is 10.3. The van der Waals surface area contributed by atoms with Gasteiger partial charge < -0.3 is 0 Å². The molecular weight excluding hydrogens is 248 g/mol. The largest absolute Gasteiger partial charge is 0.301 e. The van der Waals surface area contributed by atoms with E-state index < -0.39 is 4.92 Å². The molecule has 0 bridgehead atoms. The summed E-state index contributed by atoms with van der Waals surface area (Å²) >= 11 is 7.06. The summed E-state index contributed by atoms with van der Waals surface area (Å²) in [5.41, 5.74) is 0.869. The van der Waals surface area contributed by atoms with Crippen LogP contribution in [0.3, 0.4) is 0 Å². The summed E-state index contributed by atoms with van der Waals surface area (Å²) in [7, 11) is 0. The van der Waals surface area contributed by atoms with Crippen LogP contribution in [-0.2, 0) is 0 Å². The predicted molar refractivity (Wildman–Crippen MR) is 66.2 cm³/mol. The number of pyridine rings is 1. The molecule has 1 aromatic heterocycles. The van der Waals surface area contributed by atoms with Crippen LogP contribution in [0.25, 0.3) is 0 Å². The standard InChI is InChI=1S/C10H13ClN2O2S/c1-7-3-9(13(14)15)10(12-5-7)16-6-8(2)4-11/h3,5,8H,4,6H2,1-2H3. The molecule has 16 heavy (non-hydrogen) atoms. The smallest absolute Gasteiger partial charge is 0.258 e. The van der Waals surface area contributed by atoms with Crippen molar-refractivity contribution >= 4 is 29.1 Å². The Morgan fingerprint density at radius 3 is 2.94 bits per heavy atom. The number of aryl methyl sites for hydroxylation is 1. The van der Waals surface area contributed by atoms with Gasteiger partial charge in [0.05, 0.1) is 4.92 Å². The van der Waals surface area contributed by atoms with Gasteiger partial charge in [-0.15, -0.1) is 11.6 Å². The number of hydrogen-bond acceptors (Lipinski definition) is 4. The average molecular weight is 261 g/mol. The van der Waals surface area contributed by atoms with Gasteiger partial charge in [-0.2, -0.15) is 0 Å². The van der Waals surface area contributed by atoms with E-state index in [0.29, 0.717) is 16.8 Å². The maximum atomic E-state index is 10.8. The quantitative estimate of drug-likeness (QED) is 0.353. The van der Waals surface area contributed by atoms with Crippen molar-refractivity contribution in [3.05, 3.63) is 27.9 Å². The molecule has 1 heterocycles. The second kappa shape index (κ2) is 6.06. The number of alkyl halides is 1. The fraction of sp³-hybridized carbons (Fsp3) is 0.500. The highest BCUT2D eigenvalue weighted by atomic mass is 35.5. The van der Waals surface area contributed by atoms with E-state index in [9.17, 15) is 10.1 Å². The van der Waals surface area contributed by atoms with Gasteiger partial charge in [0, 0.05) is 23.9 Å². The van der Waals surface area contributed by atoms with Crippen LogP contribution in [0.4, 0.5) is 5.69 Å². The van der Waals surface area contributed by atoms with Gasteiger partial charge in [-0.25, -0.2) is 4.98 Å². The monoisotopic (exact) mass is 260 g/mol. The summed E-state index contributed by atoms with van der Waals surface area (Å²) < 4.78 is 0. The van der Waals surface area contributed by atoms with Gasteiger partial charge in [0.1, 0.15) is 0 Å². The molecule has 0 aromatic carbocycles. The fourth-order valence-electron chi connectivity index (χ4n) is 1.05. The highest BCUT2D eigenvalue weighted by Crippen LogP contribution is 2.28. The molecule has 4 nitrogen and oxygen atoms in total. The van der Waals surface area contributed by atoms with Crippen LogP contribution in [0.15, 0.2) is 17.3 Å². The highest BCUT2D eigenvalue weighted by molar-refractivity contribution is 7.99. The maximum Gasteiger partial charge on any atom is 0.301 e. The third-order valence-corrected chi connectivity index (χ3v) is 3.78. The van der Waals surface area contributed by atoms with Gasteiger partial charge >= 0.3 is 5.69 Å². The van der Waals surface area contributed by atoms with E-state index in [1.807, 2.05) is 6.92 Å². The van der Waals surface area contributed by atoms with Crippen molar-refractivity contribution in [2.75, 3.05) is 11.6 Å². The van der Waals surface area contributed by atoms with Crippen LogP contribution < -0.4 is 0 Å². The average Bonchev–Trinajstić information content (AvgIpc) is 2.26. The number of thioether (sulfide) groups is 1. The molecule has 0 aliphatic rings. The number of halogens is 1. The molecule has 0 N–H and O–H groups in total. The Bertz CT molecular complexity index is 387. The minimum atomic E-state index is -0.395. The Kier molecular flexibility index (Phi) is 5.02. The summed E-state index contributed by atoms with van der Waals surface area (Å²) in [5.74, 6) is 1.60. The van der Waals surface area contributed by atoms with Crippen molar-refractivity contribution in [3.63, 3.8) is 0 Å². The van der Waals surface area contributed by atoms with Gasteiger partial charge in [0.2, 0.25) is 0 Å². The van der Waals surface area contributed by atoms with Crippen molar-refractivity contribution in [2.45, 2.75) is 18.9 Å². The Morgan fingerprint density at radius 2 is 2.38 bits per heavy atom. The van der Waals surface area contributed by atoms with Crippen LogP contribution in [-0.4, -0.2) is 21.5 Å². The predicted octanol–water partition coefficient (Wildman–Crippen LogP) is 3.27. The first-order chi connectivity index (χ1) is 7.54. The van der Waals surface area contributed by atoms with E-state index in [0.717, 1.165) is 11.3 Å². The van der Waals surface area contributed by atoms with Crippen LogP contribution in [0.2, 0.25) is 0 Å². The molecule has 0 amide bonds. The van der Waals surface area contributed by atoms with Gasteiger partial charge in [-0.05, 0) is 18.4 Å². The normalized spacial score (nSPS) is 12.4. The molecule has 1 aromatic rings. The van der Waals surface area contributed by atoms with Crippen LogP contribution in [0.1, 0.15) is 12.5 Å². The topological polar surface area (TPSA) is 56.0 Å². The lowest BCUT2D eigenvalue weighted by Gasteiger charge is -2.06. The highest BCUT2D eigenvalue weighted by Gasteiger charge is 2.16. The van der Waals surface area contributed by atoms with Gasteiger partial charge in [-0.3, -0.25) is 10.1 Å². The van der Waals surface area contributed by atoms with E-state index in [1.54, 1.807) is 19.2 Å². The minimum absolute atomic E-state index is 0.0757. The van der Waals surface area contributed by atoms with E-state index >= 15 is 0 Å². The number of rotatable bonds is 5. The summed E-state index contributed by atoms with van der Waals surface area (Å²) in [6, 6.07) is 1.54. The first-order valence-corrected chi connectivity index (χ1v) is 6.36. The Balaban J connectivity index is 2.82. The van der Waals surface area contributed by atoms with Gasteiger partial charge in [-0.1, -0.05) is 18.7 Å². The third kappa shape index (κ3) is 3.64. The number of hydrogen-bond donors (Lipinski definition) is 0. The summed E-state index contributed by atoms with van der Waals surface area (Å²) in [6.07, 6.45) is 1.64. The number of aromatic nitrogens is 1. The van der Waals surface area contributed by atoms with E-state index in [-0.39, 0.29) is 5.69 Å². The van der Waals surface area contributed by atoms with E-state index in [4.69, 9.17) is 11.6 Å². The first-order valence-electron chi connectivity index (χ1n) is 4.84. The molecule has 1 rings (SSSR count). The zero-order valence-electron chi connectivity index (χ0n) is 9.14. The first kappa shape index (κ1) is 13.3. The van der Waals surface area contributed by atoms with Crippen LogP contribution in [0, 0.1) is 23.0 Å². The second-order valence-electron chi connectivity index (χ2n) is 3.66. The molecule has 0 fully saturated rings. The third-order valence-electron chi connectivity index (χ3n) is 1.93. The summed E-state index contributed by atoms with van der Waals surface area (Å²) in [6.45, 7) is 3.79. The van der Waals surface area contributed by atoms with Crippen molar-refractivity contribution in [1.29, 1.82) is 0 Å². The molecule has 6 heteroatoms.